The molecule has 2 unspecified atom stereocenters. The lowest BCUT2D eigenvalue weighted by Crippen LogP contribution is -2.01. The van der Waals surface area contributed by atoms with Gasteiger partial charge in [-0.3, -0.25) is 0 Å². The lowest BCUT2D eigenvalue weighted by atomic mass is 9.97. The number of allylic oxidation sites excluding steroid dienone is 4. The molecule has 18 heavy (non-hydrogen) atoms. The molecule has 0 saturated carbocycles. The van der Waals surface area contributed by atoms with Crippen LogP contribution in [0.2, 0.25) is 0 Å². The Morgan fingerprint density at radius 1 is 1.22 bits per heavy atom. The Hall–Kier alpha value is -1.83. The first-order valence-corrected chi connectivity index (χ1v) is 6.35. The predicted octanol–water partition coefficient (Wildman–Crippen LogP) is 4.34. The summed E-state index contributed by atoms with van der Waals surface area (Å²) in [5.74, 6) is 1.54. The van der Waals surface area contributed by atoms with E-state index in [-0.39, 0.29) is 5.92 Å². The lowest BCUT2D eigenvalue weighted by molar-refractivity contribution is 0.428. The SMILES string of the molecule is Cc1cccnc(C2C=CC=CC(C)C2)occ1. The number of hydrogen-bond donors (Lipinski definition) is 0. The van der Waals surface area contributed by atoms with Gasteiger partial charge in [-0.25, -0.2) is 4.98 Å². The van der Waals surface area contributed by atoms with Gasteiger partial charge in [0.05, 0.1) is 12.2 Å². The Balaban J connectivity index is 2.33. The van der Waals surface area contributed by atoms with Crippen LogP contribution in [-0.2, 0) is 0 Å². The average Bonchev–Trinajstić information content (AvgIpc) is 2.49. The molecule has 0 aliphatic heterocycles. The van der Waals surface area contributed by atoms with Gasteiger partial charge < -0.3 is 4.42 Å². The first-order chi connectivity index (χ1) is 8.75. The smallest absolute Gasteiger partial charge is 0.200 e. The van der Waals surface area contributed by atoms with E-state index in [1.807, 2.05) is 25.1 Å². The van der Waals surface area contributed by atoms with E-state index in [2.05, 4.69) is 36.2 Å². The summed E-state index contributed by atoms with van der Waals surface area (Å²) in [5, 5.41) is 0. The van der Waals surface area contributed by atoms with Crippen molar-refractivity contribution in [3.63, 3.8) is 0 Å². The molecule has 0 fully saturated rings. The summed E-state index contributed by atoms with van der Waals surface area (Å²) >= 11 is 0. The lowest BCUT2D eigenvalue weighted by Gasteiger charge is -2.11. The van der Waals surface area contributed by atoms with Crippen molar-refractivity contribution in [2.75, 3.05) is 0 Å². The molecule has 0 amide bonds. The van der Waals surface area contributed by atoms with E-state index in [0.717, 1.165) is 17.9 Å². The van der Waals surface area contributed by atoms with Crippen molar-refractivity contribution in [1.82, 2.24) is 4.98 Å². The van der Waals surface area contributed by atoms with Gasteiger partial charge in [0.1, 0.15) is 0 Å². The highest BCUT2D eigenvalue weighted by Gasteiger charge is 2.15. The summed E-state index contributed by atoms with van der Waals surface area (Å²) in [7, 11) is 0. The molecule has 0 aromatic carbocycles. The van der Waals surface area contributed by atoms with Crippen molar-refractivity contribution in [3.05, 3.63) is 66.4 Å². The fourth-order valence-electron chi connectivity index (χ4n) is 1.98. The van der Waals surface area contributed by atoms with Gasteiger partial charge >= 0.3 is 0 Å². The third kappa shape index (κ3) is 3.59. The molecule has 1 aromatic rings. The molecule has 1 aromatic heterocycles. The van der Waals surface area contributed by atoms with Crippen LogP contribution in [0.5, 0.6) is 0 Å². The van der Waals surface area contributed by atoms with Crippen LogP contribution in [0.15, 0.2) is 59.4 Å². The minimum absolute atomic E-state index is 0.239. The minimum Gasteiger partial charge on any atom is -0.450 e. The maximum Gasteiger partial charge on any atom is 0.200 e. The van der Waals surface area contributed by atoms with Crippen LogP contribution in [0.25, 0.3) is 0 Å². The van der Waals surface area contributed by atoms with Crippen LogP contribution in [0.3, 0.4) is 0 Å². The van der Waals surface area contributed by atoms with Crippen molar-refractivity contribution in [2.24, 2.45) is 5.92 Å². The third-order valence-electron chi connectivity index (χ3n) is 3.00. The number of rotatable bonds is 1. The molecule has 2 atom stereocenters. The number of aryl methyl sites for hydroxylation is 1. The topological polar surface area (TPSA) is 26.0 Å². The van der Waals surface area contributed by atoms with Gasteiger partial charge in [-0.15, -0.1) is 0 Å². The summed E-state index contributed by atoms with van der Waals surface area (Å²) in [5.41, 5.74) is 1.15. The number of aromatic nitrogens is 1. The zero-order valence-electron chi connectivity index (χ0n) is 10.9. The van der Waals surface area contributed by atoms with Crippen LogP contribution in [0, 0.1) is 12.8 Å². The molecule has 2 rings (SSSR count). The fraction of sp³-hybridized carbons (Fsp3) is 0.312. The van der Waals surface area contributed by atoms with Gasteiger partial charge in [0, 0.05) is 6.20 Å². The van der Waals surface area contributed by atoms with Crippen LogP contribution >= 0.6 is 0 Å². The second-order valence-corrected chi connectivity index (χ2v) is 4.73. The van der Waals surface area contributed by atoms with E-state index in [1.54, 1.807) is 12.5 Å². The highest BCUT2D eigenvalue weighted by Crippen LogP contribution is 2.25. The summed E-state index contributed by atoms with van der Waals surface area (Å²) in [6.45, 7) is 4.25. The summed E-state index contributed by atoms with van der Waals surface area (Å²) in [6, 6.07) is 5.91. The van der Waals surface area contributed by atoms with E-state index in [9.17, 15) is 0 Å². The second kappa shape index (κ2) is 6.20. The van der Waals surface area contributed by atoms with Crippen LogP contribution in [-0.4, -0.2) is 4.98 Å². The molecule has 0 bridgehead atoms. The second-order valence-electron chi connectivity index (χ2n) is 4.73. The summed E-state index contributed by atoms with van der Waals surface area (Å²) < 4.78 is 5.68. The molecule has 2 heteroatoms. The van der Waals surface area contributed by atoms with Crippen LogP contribution < -0.4 is 0 Å². The van der Waals surface area contributed by atoms with Crippen LogP contribution in [0.4, 0.5) is 0 Å². The zero-order valence-corrected chi connectivity index (χ0v) is 10.9. The van der Waals surface area contributed by atoms with E-state index in [1.165, 1.54) is 0 Å². The largest absolute Gasteiger partial charge is 0.450 e. The summed E-state index contributed by atoms with van der Waals surface area (Å²) in [4.78, 5) is 4.42. The maximum atomic E-state index is 5.68. The molecule has 0 spiro atoms. The van der Waals surface area contributed by atoms with Gasteiger partial charge in [0.15, 0.2) is 0 Å². The first kappa shape index (κ1) is 12.6. The van der Waals surface area contributed by atoms with Crippen molar-refractivity contribution in [1.29, 1.82) is 0 Å². The van der Waals surface area contributed by atoms with Crippen molar-refractivity contribution in [3.8, 4) is 0 Å². The standard InChI is InChI=1S/C16H19NO/c1-13-7-5-10-17-16(18-11-9-13)15-8-4-3-6-14(2)12-15/h3-11,14-15H,12H2,1-2H3. The van der Waals surface area contributed by atoms with Crippen molar-refractivity contribution in [2.45, 2.75) is 26.2 Å². The molecule has 1 aliphatic rings. The molecule has 2 nitrogen and oxygen atoms in total. The summed E-state index contributed by atoms with van der Waals surface area (Å²) in [6.07, 6.45) is 13.1. The van der Waals surface area contributed by atoms with Gasteiger partial charge in [0.2, 0.25) is 5.89 Å². The van der Waals surface area contributed by atoms with E-state index in [0.29, 0.717) is 5.92 Å². The molecule has 0 saturated heterocycles. The van der Waals surface area contributed by atoms with Crippen molar-refractivity contribution >= 4 is 0 Å². The predicted molar refractivity (Wildman–Crippen MR) is 73.7 cm³/mol. The van der Waals surface area contributed by atoms with E-state index in [4.69, 9.17) is 4.42 Å². The Bertz CT molecular complexity index is 498. The Morgan fingerprint density at radius 3 is 2.94 bits per heavy atom. The van der Waals surface area contributed by atoms with Gasteiger partial charge in [-0.1, -0.05) is 37.3 Å². The normalized spacial score (nSPS) is 22.3. The molecule has 0 radical (unpaired) electrons. The van der Waals surface area contributed by atoms with Gasteiger partial charge in [0.25, 0.3) is 0 Å². The van der Waals surface area contributed by atoms with Crippen LogP contribution in [0.1, 0.15) is 30.7 Å². The molecule has 0 N–H and O–H groups in total. The third-order valence-corrected chi connectivity index (χ3v) is 3.00. The van der Waals surface area contributed by atoms with Crippen molar-refractivity contribution < 1.29 is 4.42 Å². The highest BCUT2D eigenvalue weighted by atomic mass is 16.3. The Morgan fingerprint density at radius 2 is 2.06 bits per heavy atom. The average molecular weight is 241 g/mol. The van der Waals surface area contributed by atoms with Gasteiger partial charge in [-0.2, -0.15) is 0 Å². The Labute approximate surface area is 108 Å². The van der Waals surface area contributed by atoms with Gasteiger partial charge in [-0.05, 0) is 37.0 Å². The quantitative estimate of drug-likeness (QED) is 0.730. The van der Waals surface area contributed by atoms with E-state index < -0.39 is 0 Å². The van der Waals surface area contributed by atoms with E-state index >= 15 is 0 Å². The first-order valence-electron chi connectivity index (χ1n) is 6.35. The fourth-order valence-corrected chi connectivity index (χ4v) is 1.98. The minimum atomic E-state index is 0.239. The molecule has 94 valence electrons. The molecular formula is C16H19NO. The number of nitrogens with zero attached hydrogens (tertiary/aromatic N) is 1. The number of hydrogen-bond acceptors (Lipinski definition) is 2. The highest BCUT2D eigenvalue weighted by molar-refractivity contribution is 5.16. The maximum absolute atomic E-state index is 5.68. The molecule has 1 aliphatic carbocycles. The Kier molecular flexibility index (Phi) is 4.35. The zero-order chi connectivity index (χ0) is 12.8. The molecule has 1 heterocycles. The molecular weight excluding hydrogens is 222 g/mol. The monoisotopic (exact) mass is 241 g/mol.